The third-order valence-corrected chi connectivity index (χ3v) is 4.56. The molecule has 1 saturated carbocycles. The molecule has 1 aromatic carbocycles. The smallest absolute Gasteiger partial charge is 0.330 e. The molecule has 1 amide bonds. The third-order valence-electron chi connectivity index (χ3n) is 3.63. The van der Waals surface area contributed by atoms with Crippen LogP contribution in [-0.2, 0) is 14.9 Å². The van der Waals surface area contributed by atoms with Gasteiger partial charge in [0.25, 0.3) is 16.0 Å². The predicted octanol–water partition coefficient (Wildman–Crippen LogP) is 2.08. The van der Waals surface area contributed by atoms with Gasteiger partial charge >= 0.3 is 11.8 Å². The van der Waals surface area contributed by atoms with Crippen molar-refractivity contribution in [1.82, 2.24) is 0 Å². The maximum atomic E-state index is 13.6. The van der Waals surface area contributed by atoms with Gasteiger partial charge in [-0.15, -0.1) is 0 Å². The lowest BCUT2D eigenvalue weighted by molar-refractivity contribution is -0.286. The number of benzene rings is 1. The summed E-state index contributed by atoms with van der Waals surface area (Å²) in [6.45, 7) is 3.12. The maximum absolute atomic E-state index is 13.6. The van der Waals surface area contributed by atoms with E-state index in [1.54, 1.807) is 0 Å². The first-order chi connectivity index (χ1) is 10.8. The van der Waals surface area contributed by atoms with E-state index in [9.17, 15) is 30.8 Å². The van der Waals surface area contributed by atoms with Gasteiger partial charge in [0.05, 0.1) is 5.69 Å². The minimum Gasteiger partial charge on any atom is -0.398 e. The SMILES string of the molecule is C=CC(=O)N(c1ccc(S(=O)(=O)O)c(N)c1)C1CC(F)(F)C1(F)F. The van der Waals surface area contributed by atoms with E-state index in [4.69, 9.17) is 10.3 Å². The highest BCUT2D eigenvalue weighted by Gasteiger charge is 2.74. The van der Waals surface area contributed by atoms with E-state index in [-0.39, 0.29) is 5.69 Å². The Bertz CT molecular complexity index is 810. The standard InChI is InChI=1S/C13H12F4N2O4S/c1-2-11(20)19(10-6-12(14,15)13(10,16)17)7-3-4-9(8(18)5-7)24(21,22)23/h2-5,10H,1,6,18H2,(H,21,22,23). The molecule has 132 valence electrons. The molecule has 3 N–H and O–H groups in total. The van der Waals surface area contributed by atoms with Gasteiger partial charge in [0, 0.05) is 12.1 Å². The molecule has 0 aromatic heterocycles. The molecule has 0 saturated heterocycles. The minimum atomic E-state index is -4.67. The van der Waals surface area contributed by atoms with Crippen molar-refractivity contribution in [3.8, 4) is 0 Å². The zero-order chi connectivity index (χ0) is 18.5. The molecule has 6 nitrogen and oxygen atoms in total. The Kier molecular flexibility index (Phi) is 4.13. The fourth-order valence-corrected chi connectivity index (χ4v) is 2.95. The molecule has 2 rings (SSSR count). The summed E-state index contributed by atoms with van der Waals surface area (Å²) in [5.41, 5.74) is 4.56. The van der Waals surface area contributed by atoms with Gasteiger partial charge < -0.3 is 5.73 Å². The van der Waals surface area contributed by atoms with Crippen LogP contribution in [0.5, 0.6) is 0 Å². The Morgan fingerprint density at radius 1 is 1.38 bits per heavy atom. The zero-order valence-electron chi connectivity index (χ0n) is 11.9. The number of nitrogen functional groups attached to an aromatic ring is 1. The van der Waals surface area contributed by atoms with Gasteiger partial charge in [-0.05, 0) is 24.3 Å². The first-order valence-electron chi connectivity index (χ1n) is 6.41. The van der Waals surface area contributed by atoms with E-state index >= 15 is 0 Å². The van der Waals surface area contributed by atoms with E-state index in [0.717, 1.165) is 18.2 Å². The number of nitrogens with two attached hydrogens (primary N) is 1. The lowest BCUT2D eigenvalue weighted by Crippen LogP contribution is -2.69. The molecule has 0 aliphatic heterocycles. The number of hydrogen-bond donors (Lipinski definition) is 2. The normalized spacial score (nSPS) is 21.6. The van der Waals surface area contributed by atoms with Gasteiger partial charge in [0.2, 0.25) is 0 Å². The van der Waals surface area contributed by atoms with E-state index in [1.165, 1.54) is 0 Å². The summed E-state index contributed by atoms with van der Waals surface area (Å²) in [7, 11) is -4.67. The van der Waals surface area contributed by atoms with Gasteiger partial charge in [-0.2, -0.15) is 26.0 Å². The Labute approximate surface area is 134 Å². The van der Waals surface area contributed by atoms with Crippen LogP contribution in [0.1, 0.15) is 6.42 Å². The second kappa shape index (κ2) is 5.45. The fourth-order valence-electron chi connectivity index (χ4n) is 2.35. The Morgan fingerprint density at radius 2 is 1.96 bits per heavy atom. The Morgan fingerprint density at radius 3 is 2.33 bits per heavy atom. The predicted molar refractivity (Wildman–Crippen MR) is 76.7 cm³/mol. The number of anilines is 2. The van der Waals surface area contributed by atoms with Gasteiger partial charge in [-0.25, -0.2) is 0 Å². The molecule has 1 unspecified atom stereocenters. The molecule has 11 heteroatoms. The fraction of sp³-hybridized carbons (Fsp3) is 0.308. The molecule has 0 radical (unpaired) electrons. The number of carbonyl (C=O) groups excluding carboxylic acids is 1. The number of hydrogen-bond acceptors (Lipinski definition) is 4. The number of nitrogens with zero attached hydrogens (tertiary/aromatic N) is 1. The van der Waals surface area contributed by atoms with E-state index in [0.29, 0.717) is 11.0 Å². The van der Waals surface area contributed by atoms with Crippen LogP contribution in [0.4, 0.5) is 28.9 Å². The molecule has 0 heterocycles. The Hall–Kier alpha value is -2.14. The monoisotopic (exact) mass is 368 g/mol. The molecule has 0 bridgehead atoms. The second-order valence-corrected chi connectivity index (χ2v) is 6.55. The largest absolute Gasteiger partial charge is 0.398 e. The van der Waals surface area contributed by atoms with Crippen LogP contribution in [0.15, 0.2) is 35.7 Å². The van der Waals surface area contributed by atoms with Crippen molar-refractivity contribution in [3.05, 3.63) is 30.9 Å². The lowest BCUT2D eigenvalue weighted by atomic mass is 9.81. The summed E-state index contributed by atoms with van der Waals surface area (Å²) < 4.78 is 84.5. The van der Waals surface area contributed by atoms with E-state index in [2.05, 4.69) is 6.58 Å². The van der Waals surface area contributed by atoms with Crippen molar-refractivity contribution in [2.45, 2.75) is 29.2 Å². The molecule has 1 aromatic rings. The first kappa shape index (κ1) is 18.2. The summed E-state index contributed by atoms with van der Waals surface area (Å²) >= 11 is 0. The summed E-state index contributed by atoms with van der Waals surface area (Å²) in [5.74, 6) is -9.83. The summed E-state index contributed by atoms with van der Waals surface area (Å²) in [6, 6.07) is 0.344. The van der Waals surface area contributed by atoms with Crippen molar-refractivity contribution >= 4 is 27.4 Å². The van der Waals surface area contributed by atoms with Crippen LogP contribution in [-0.4, -0.2) is 36.8 Å². The maximum Gasteiger partial charge on any atom is 0.330 e. The number of rotatable bonds is 4. The molecular formula is C13H12F4N2O4S. The highest BCUT2D eigenvalue weighted by Crippen LogP contribution is 2.54. The highest BCUT2D eigenvalue weighted by molar-refractivity contribution is 7.86. The van der Waals surface area contributed by atoms with Crippen molar-refractivity contribution < 1.29 is 35.3 Å². The first-order valence-corrected chi connectivity index (χ1v) is 7.85. The number of alkyl halides is 4. The number of halogens is 4. The highest BCUT2D eigenvalue weighted by atomic mass is 32.2. The van der Waals surface area contributed by atoms with Gasteiger partial charge in [-0.1, -0.05) is 6.58 Å². The topological polar surface area (TPSA) is 101 Å². The van der Waals surface area contributed by atoms with E-state index in [1.807, 2.05) is 0 Å². The van der Waals surface area contributed by atoms with Crippen molar-refractivity contribution in [3.63, 3.8) is 0 Å². The van der Waals surface area contributed by atoms with Crippen LogP contribution >= 0.6 is 0 Å². The molecule has 1 aliphatic carbocycles. The van der Waals surface area contributed by atoms with Gasteiger partial charge in [0.15, 0.2) is 0 Å². The summed E-state index contributed by atoms with van der Waals surface area (Å²) in [4.78, 5) is 11.5. The molecule has 1 atom stereocenters. The van der Waals surface area contributed by atoms with E-state index < -0.39 is 50.9 Å². The molecule has 0 spiro atoms. The average Bonchev–Trinajstić information content (AvgIpc) is 2.45. The van der Waals surface area contributed by atoms with Crippen molar-refractivity contribution in [2.24, 2.45) is 0 Å². The number of carbonyl (C=O) groups is 1. The Balaban J connectivity index is 2.50. The summed E-state index contributed by atoms with van der Waals surface area (Å²) in [6.07, 6.45) is -0.626. The van der Waals surface area contributed by atoms with Crippen LogP contribution in [0.2, 0.25) is 0 Å². The lowest BCUT2D eigenvalue weighted by Gasteiger charge is -2.48. The molecule has 1 aliphatic rings. The van der Waals surface area contributed by atoms with Crippen LogP contribution in [0.25, 0.3) is 0 Å². The number of amides is 1. The molecule has 1 fully saturated rings. The van der Waals surface area contributed by atoms with Gasteiger partial charge in [0.1, 0.15) is 10.9 Å². The zero-order valence-corrected chi connectivity index (χ0v) is 12.7. The van der Waals surface area contributed by atoms with Crippen molar-refractivity contribution in [1.29, 1.82) is 0 Å². The van der Waals surface area contributed by atoms with Crippen LogP contribution in [0, 0.1) is 0 Å². The third kappa shape index (κ3) is 2.73. The minimum absolute atomic E-state index is 0.329. The average molecular weight is 368 g/mol. The quantitative estimate of drug-likeness (QED) is 0.367. The van der Waals surface area contributed by atoms with Gasteiger partial charge in [-0.3, -0.25) is 14.2 Å². The van der Waals surface area contributed by atoms with Crippen molar-refractivity contribution in [2.75, 3.05) is 10.6 Å². The molecular weight excluding hydrogens is 356 g/mol. The van der Waals surface area contributed by atoms with Crippen LogP contribution in [0.3, 0.4) is 0 Å². The summed E-state index contributed by atoms with van der Waals surface area (Å²) in [5, 5.41) is 0. The van der Waals surface area contributed by atoms with Crippen LogP contribution < -0.4 is 10.6 Å². The second-order valence-electron chi connectivity index (χ2n) is 5.16. The molecule has 24 heavy (non-hydrogen) atoms.